The van der Waals surface area contributed by atoms with Crippen LogP contribution in [0.4, 0.5) is 0 Å². The number of hydrogen-bond acceptors (Lipinski definition) is 4. The molecule has 0 spiro atoms. The Hall–Kier alpha value is -1.73. The minimum absolute atomic E-state index is 0.154. The molecule has 4 heteroatoms. The van der Waals surface area contributed by atoms with Gasteiger partial charge in [-0.25, -0.2) is 0 Å². The summed E-state index contributed by atoms with van der Waals surface area (Å²) in [6.07, 6.45) is 6.27. The molecule has 1 aromatic heterocycles. The first-order valence-electron chi connectivity index (χ1n) is 8.49. The van der Waals surface area contributed by atoms with Crippen LogP contribution < -0.4 is 0 Å². The van der Waals surface area contributed by atoms with Crippen LogP contribution in [0, 0.1) is 24.2 Å². The number of hydrogen-bond donors (Lipinski definition) is 0. The van der Waals surface area contributed by atoms with Crippen molar-refractivity contribution in [1.29, 1.82) is 0 Å². The van der Waals surface area contributed by atoms with E-state index in [1.165, 1.54) is 25.9 Å². The molecule has 23 heavy (non-hydrogen) atoms. The smallest absolute Gasteiger partial charge is 0.177 e. The van der Waals surface area contributed by atoms with Gasteiger partial charge < -0.3 is 9.25 Å². The molecular weight excluding hydrogens is 288 g/mol. The molecule has 3 rings (SSSR count). The predicted molar refractivity (Wildman–Crippen MR) is 91.5 cm³/mol. The van der Waals surface area contributed by atoms with Crippen molar-refractivity contribution in [2.45, 2.75) is 46.5 Å². The Bertz CT molecular complexity index is 640. The van der Waals surface area contributed by atoms with Gasteiger partial charge in [0.25, 0.3) is 0 Å². The molecule has 0 N–H and O–H groups in total. The molecule has 0 bridgehead atoms. The lowest BCUT2D eigenvalue weighted by molar-refractivity contribution is 0.176. The number of fused-ring (bicyclic) bond motifs is 1. The van der Waals surface area contributed by atoms with E-state index in [2.05, 4.69) is 42.7 Å². The van der Waals surface area contributed by atoms with Crippen LogP contribution in [0.3, 0.4) is 0 Å². The van der Waals surface area contributed by atoms with Crippen LogP contribution in [-0.2, 0) is 11.3 Å². The molecular formula is C19H26N2O2. The van der Waals surface area contributed by atoms with Gasteiger partial charge in [-0.2, -0.15) is 0 Å². The molecule has 0 radical (unpaired) electrons. The van der Waals surface area contributed by atoms with E-state index in [0.717, 1.165) is 42.0 Å². The lowest BCUT2D eigenvalue weighted by atomic mass is 9.75. The second-order valence-corrected chi connectivity index (χ2v) is 7.38. The van der Waals surface area contributed by atoms with Gasteiger partial charge >= 0.3 is 0 Å². The van der Waals surface area contributed by atoms with Gasteiger partial charge in [-0.05, 0) is 50.3 Å². The first-order chi connectivity index (χ1) is 11.1. The molecule has 0 saturated carbocycles. The van der Waals surface area contributed by atoms with E-state index in [1.54, 1.807) is 0 Å². The molecule has 0 amide bonds. The minimum atomic E-state index is 0.154. The molecule has 1 aliphatic carbocycles. The third kappa shape index (κ3) is 3.97. The fraction of sp³-hybridized carbons (Fsp3) is 0.632. The van der Waals surface area contributed by atoms with Crippen LogP contribution in [0.25, 0.3) is 0 Å². The molecule has 4 nitrogen and oxygen atoms in total. The zero-order chi connectivity index (χ0) is 16.3. The van der Waals surface area contributed by atoms with Crippen molar-refractivity contribution in [3.05, 3.63) is 23.2 Å². The second-order valence-electron chi connectivity index (χ2n) is 7.38. The van der Waals surface area contributed by atoms with Crippen molar-refractivity contribution in [2.24, 2.45) is 10.6 Å². The average Bonchev–Trinajstić information content (AvgIpc) is 3.11. The Morgan fingerprint density at radius 2 is 2.04 bits per heavy atom. The maximum absolute atomic E-state index is 5.68. The highest BCUT2D eigenvalue weighted by molar-refractivity contribution is 6.03. The molecule has 1 aliphatic heterocycles. The number of rotatable bonds is 3. The summed E-state index contributed by atoms with van der Waals surface area (Å²) in [6.45, 7) is 10.1. The zero-order valence-corrected chi connectivity index (χ0v) is 14.4. The highest BCUT2D eigenvalue weighted by atomic mass is 16.6. The first-order valence-corrected chi connectivity index (χ1v) is 8.49. The lowest BCUT2D eigenvalue weighted by Gasteiger charge is -2.29. The van der Waals surface area contributed by atoms with E-state index in [9.17, 15) is 0 Å². The topological polar surface area (TPSA) is 38.0 Å². The van der Waals surface area contributed by atoms with Gasteiger partial charge in [-0.15, -0.1) is 0 Å². The predicted octanol–water partition coefficient (Wildman–Crippen LogP) is 3.38. The number of aryl methyl sites for hydroxylation is 1. The van der Waals surface area contributed by atoms with E-state index in [0.29, 0.717) is 6.61 Å². The third-order valence-corrected chi connectivity index (χ3v) is 4.56. The fourth-order valence-corrected chi connectivity index (χ4v) is 3.43. The molecule has 1 fully saturated rings. The Balaban J connectivity index is 1.58. The zero-order valence-electron chi connectivity index (χ0n) is 14.4. The number of oxime groups is 1. The van der Waals surface area contributed by atoms with Crippen LogP contribution in [0.15, 0.2) is 15.8 Å². The highest BCUT2D eigenvalue weighted by Gasteiger charge is 2.33. The first kappa shape index (κ1) is 16.1. The molecule has 2 heterocycles. The molecule has 0 atom stereocenters. The van der Waals surface area contributed by atoms with Crippen molar-refractivity contribution in [1.82, 2.24) is 4.90 Å². The molecule has 2 aliphatic rings. The molecule has 1 saturated heterocycles. The largest absolute Gasteiger partial charge is 0.468 e. The van der Waals surface area contributed by atoms with E-state index in [1.807, 2.05) is 6.26 Å². The monoisotopic (exact) mass is 314 g/mol. The Labute approximate surface area is 138 Å². The number of nitrogens with zero attached hydrogens (tertiary/aromatic N) is 2. The Morgan fingerprint density at radius 3 is 2.83 bits per heavy atom. The van der Waals surface area contributed by atoms with Crippen LogP contribution in [-0.4, -0.2) is 36.9 Å². The third-order valence-electron chi connectivity index (χ3n) is 4.56. The summed E-state index contributed by atoms with van der Waals surface area (Å²) in [5.74, 6) is 7.26. The Kier molecular flexibility index (Phi) is 4.77. The maximum atomic E-state index is 5.68. The highest BCUT2D eigenvalue weighted by Crippen LogP contribution is 2.37. The summed E-state index contributed by atoms with van der Waals surface area (Å²) < 4.78 is 5.68. The van der Waals surface area contributed by atoms with Crippen LogP contribution in [0.1, 0.15) is 50.0 Å². The average molecular weight is 314 g/mol. The van der Waals surface area contributed by atoms with Crippen molar-refractivity contribution in [3.8, 4) is 11.8 Å². The second kappa shape index (κ2) is 6.80. The van der Waals surface area contributed by atoms with Crippen molar-refractivity contribution < 1.29 is 9.25 Å². The molecule has 124 valence electrons. The van der Waals surface area contributed by atoms with E-state index < -0.39 is 0 Å². The summed E-state index contributed by atoms with van der Waals surface area (Å²) in [7, 11) is 0. The quantitative estimate of drug-likeness (QED) is 0.488. The van der Waals surface area contributed by atoms with Gasteiger partial charge in [-0.3, -0.25) is 4.90 Å². The van der Waals surface area contributed by atoms with Crippen LogP contribution >= 0.6 is 0 Å². The summed E-state index contributed by atoms with van der Waals surface area (Å²) >= 11 is 0. The Morgan fingerprint density at radius 1 is 1.26 bits per heavy atom. The summed E-state index contributed by atoms with van der Waals surface area (Å²) in [5, 5.41) is 4.36. The molecule has 1 aromatic rings. The summed E-state index contributed by atoms with van der Waals surface area (Å²) in [4.78, 5) is 7.85. The normalized spacial score (nSPS) is 21.8. The van der Waals surface area contributed by atoms with Gasteiger partial charge in [0.15, 0.2) is 6.61 Å². The van der Waals surface area contributed by atoms with Gasteiger partial charge in [0.1, 0.15) is 5.76 Å². The molecule has 0 unspecified atom stereocenters. The van der Waals surface area contributed by atoms with E-state index in [4.69, 9.17) is 9.25 Å². The van der Waals surface area contributed by atoms with E-state index >= 15 is 0 Å². The molecule has 0 aromatic carbocycles. The lowest BCUT2D eigenvalue weighted by Crippen LogP contribution is -2.27. The number of likely N-dealkylation sites (tertiary alicyclic amines) is 1. The van der Waals surface area contributed by atoms with Crippen molar-refractivity contribution in [2.75, 3.05) is 26.2 Å². The summed E-state index contributed by atoms with van der Waals surface area (Å²) in [6, 6.07) is 0. The van der Waals surface area contributed by atoms with Gasteiger partial charge in [0.2, 0.25) is 0 Å². The maximum Gasteiger partial charge on any atom is 0.177 e. The van der Waals surface area contributed by atoms with Crippen LogP contribution in [0.2, 0.25) is 0 Å². The van der Waals surface area contributed by atoms with Gasteiger partial charge in [0, 0.05) is 12.0 Å². The fourth-order valence-electron chi connectivity index (χ4n) is 3.43. The van der Waals surface area contributed by atoms with Gasteiger partial charge in [0.05, 0.1) is 18.5 Å². The van der Waals surface area contributed by atoms with Crippen LogP contribution in [0.5, 0.6) is 0 Å². The summed E-state index contributed by atoms with van der Waals surface area (Å²) in [5.41, 5.74) is 3.41. The standard InChI is InChI=1S/C19H26N2O2/c1-15-14-22-17-13-19(2,3)12-16(18(15)17)20-23-11-7-6-10-21-8-4-5-9-21/h14H,4-5,8-13H2,1-3H3/b20-16+. The minimum Gasteiger partial charge on any atom is -0.468 e. The van der Waals surface area contributed by atoms with E-state index in [-0.39, 0.29) is 5.41 Å². The van der Waals surface area contributed by atoms with Gasteiger partial charge in [-0.1, -0.05) is 30.8 Å². The van der Waals surface area contributed by atoms with Crippen molar-refractivity contribution >= 4 is 5.71 Å². The number of furan rings is 1. The SMILES string of the molecule is Cc1coc2c1/C(=N/OCC#CCN1CCCC1)CC(C)(C)C2. The van der Waals surface area contributed by atoms with Crippen molar-refractivity contribution in [3.63, 3.8) is 0 Å².